The average Bonchev–Trinajstić information content (AvgIpc) is 2.30. The van der Waals surface area contributed by atoms with Gasteiger partial charge in [-0.15, -0.1) is 0 Å². The van der Waals surface area contributed by atoms with E-state index < -0.39 is 0 Å². The number of hydrogen-bond acceptors (Lipinski definition) is 2. The van der Waals surface area contributed by atoms with Crippen molar-refractivity contribution in [1.82, 2.24) is 0 Å². The minimum Gasteiger partial charge on any atom is -0.381 e. The molecule has 3 heteroatoms. The monoisotopic (exact) mass is 221 g/mol. The number of nitriles is 1. The fourth-order valence-corrected chi connectivity index (χ4v) is 2.16. The predicted octanol–water partition coefficient (Wildman–Crippen LogP) is 3.11. The molecule has 0 saturated carbocycles. The molecule has 1 aromatic rings. The van der Waals surface area contributed by atoms with Gasteiger partial charge in [0.25, 0.3) is 0 Å². The molecule has 1 heterocycles. The molecule has 0 spiro atoms. The van der Waals surface area contributed by atoms with Crippen LogP contribution in [0.15, 0.2) is 18.2 Å². The van der Waals surface area contributed by atoms with Crippen LogP contribution < -0.4 is 0 Å². The molecule has 1 fully saturated rings. The second-order valence-corrected chi connectivity index (χ2v) is 4.17. The number of hydrogen-bond donors (Lipinski definition) is 0. The summed E-state index contributed by atoms with van der Waals surface area (Å²) >= 11 is 5.95. The molecule has 2 nitrogen and oxygen atoms in total. The Hall–Kier alpha value is -1.04. The zero-order valence-electron chi connectivity index (χ0n) is 8.37. The number of ether oxygens (including phenoxy) is 1. The number of benzene rings is 1. The van der Waals surface area contributed by atoms with Gasteiger partial charge < -0.3 is 4.74 Å². The summed E-state index contributed by atoms with van der Waals surface area (Å²) in [7, 11) is 0. The first-order chi connectivity index (χ1) is 7.31. The van der Waals surface area contributed by atoms with E-state index in [0.717, 1.165) is 37.2 Å². The Labute approximate surface area is 94.4 Å². The van der Waals surface area contributed by atoms with Crippen LogP contribution in [0.1, 0.15) is 29.9 Å². The number of rotatable bonds is 1. The van der Waals surface area contributed by atoms with Gasteiger partial charge in [-0.25, -0.2) is 0 Å². The average molecular weight is 222 g/mol. The summed E-state index contributed by atoms with van der Waals surface area (Å²) in [5, 5.41) is 9.72. The highest BCUT2D eigenvalue weighted by atomic mass is 35.5. The fraction of sp³-hybridized carbons (Fsp3) is 0.417. The zero-order valence-corrected chi connectivity index (χ0v) is 9.13. The van der Waals surface area contributed by atoms with E-state index in [4.69, 9.17) is 21.6 Å². The largest absolute Gasteiger partial charge is 0.381 e. The lowest BCUT2D eigenvalue weighted by atomic mass is 9.89. The van der Waals surface area contributed by atoms with Gasteiger partial charge in [0.15, 0.2) is 0 Å². The van der Waals surface area contributed by atoms with Crippen LogP contribution in [-0.2, 0) is 4.74 Å². The number of halogens is 1. The minimum absolute atomic E-state index is 0.423. The molecule has 1 saturated heterocycles. The van der Waals surface area contributed by atoms with Gasteiger partial charge in [-0.3, -0.25) is 0 Å². The Morgan fingerprint density at radius 2 is 2.07 bits per heavy atom. The SMILES string of the molecule is N#Cc1ccc(Cl)cc1C1CCOCC1. The molecule has 0 amide bonds. The highest BCUT2D eigenvalue weighted by Gasteiger charge is 2.18. The first kappa shape index (κ1) is 10.5. The van der Waals surface area contributed by atoms with E-state index in [0.29, 0.717) is 10.9 Å². The third kappa shape index (κ3) is 2.31. The Balaban J connectivity index is 2.32. The maximum absolute atomic E-state index is 9.02. The first-order valence-corrected chi connectivity index (χ1v) is 5.46. The summed E-state index contributed by atoms with van der Waals surface area (Å²) in [4.78, 5) is 0. The quantitative estimate of drug-likeness (QED) is 0.730. The lowest BCUT2D eigenvalue weighted by Crippen LogP contribution is -2.15. The summed E-state index contributed by atoms with van der Waals surface area (Å²) in [6.45, 7) is 1.56. The van der Waals surface area contributed by atoms with E-state index in [2.05, 4.69) is 6.07 Å². The molecule has 0 aromatic heterocycles. The highest BCUT2D eigenvalue weighted by molar-refractivity contribution is 6.30. The van der Waals surface area contributed by atoms with E-state index >= 15 is 0 Å². The van der Waals surface area contributed by atoms with Gasteiger partial charge in [-0.05, 0) is 42.5 Å². The van der Waals surface area contributed by atoms with Crippen LogP contribution in [0.3, 0.4) is 0 Å². The number of nitrogens with zero attached hydrogens (tertiary/aromatic N) is 1. The van der Waals surface area contributed by atoms with Crippen LogP contribution in [-0.4, -0.2) is 13.2 Å². The van der Waals surface area contributed by atoms with Crippen LogP contribution in [0.5, 0.6) is 0 Å². The molecule has 78 valence electrons. The summed E-state index contributed by atoms with van der Waals surface area (Å²) in [5.74, 6) is 0.423. The van der Waals surface area contributed by atoms with Crippen LogP contribution >= 0.6 is 11.6 Å². The van der Waals surface area contributed by atoms with Crippen LogP contribution in [0.4, 0.5) is 0 Å². The van der Waals surface area contributed by atoms with Gasteiger partial charge in [0, 0.05) is 18.2 Å². The van der Waals surface area contributed by atoms with Gasteiger partial charge in [0.2, 0.25) is 0 Å². The van der Waals surface area contributed by atoms with E-state index in [1.807, 2.05) is 6.07 Å². The standard InChI is InChI=1S/C12H12ClNO/c13-11-2-1-10(8-14)12(7-11)9-3-5-15-6-4-9/h1-2,7,9H,3-6H2. The molecule has 0 N–H and O–H groups in total. The van der Waals surface area contributed by atoms with Crippen molar-refractivity contribution in [1.29, 1.82) is 5.26 Å². The maximum Gasteiger partial charge on any atom is 0.0994 e. The highest BCUT2D eigenvalue weighted by Crippen LogP contribution is 2.30. The fourth-order valence-electron chi connectivity index (χ4n) is 1.98. The van der Waals surface area contributed by atoms with Crippen molar-refractivity contribution in [3.8, 4) is 6.07 Å². The first-order valence-electron chi connectivity index (χ1n) is 5.08. The lowest BCUT2D eigenvalue weighted by molar-refractivity contribution is 0.0853. The molecular weight excluding hydrogens is 210 g/mol. The van der Waals surface area contributed by atoms with E-state index in [1.165, 1.54) is 0 Å². The molecule has 0 radical (unpaired) electrons. The summed E-state index contributed by atoms with van der Waals surface area (Å²) in [5.41, 5.74) is 1.82. The molecule has 1 aromatic carbocycles. The summed E-state index contributed by atoms with van der Waals surface area (Å²) < 4.78 is 5.31. The molecule has 0 unspecified atom stereocenters. The van der Waals surface area contributed by atoms with E-state index in [9.17, 15) is 0 Å². The second-order valence-electron chi connectivity index (χ2n) is 3.73. The van der Waals surface area contributed by atoms with Crippen LogP contribution in [0, 0.1) is 11.3 Å². The van der Waals surface area contributed by atoms with Crippen molar-refractivity contribution in [2.24, 2.45) is 0 Å². The van der Waals surface area contributed by atoms with Gasteiger partial charge in [0.1, 0.15) is 0 Å². The smallest absolute Gasteiger partial charge is 0.0994 e. The lowest BCUT2D eigenvalue weighted by Gasteiger charge is -2.23. The van der Waals surface area contributed by atoms with Crippen molar-refractivity contribution in [2.45, 2.75) is 18.8 Å². The van der Waals surface area contributed by atoms with Crippen molar-refractivity contribution in [3.05, 3.63) is 34.3 Å². The molecule has 0 atom stereocenters. The van der Waals surface area contributed by atoms with Gasteiger partial charge >= 0.3 is 0 Å². The maximum atomic E-state index is 9.02. The topological polar surface area (TPSA) is 33.0 Å². The Kier molecular flexibility index (Phi) is 3.25. The van der Waals surface area contributed by atoms with E-state index in [-0.39, 0.29) is 0 Å². The van der Waals surface area contributed by atoms with Crippen LogP contribution in [0.25, 0.3) is 0 Å². The normalized spacial score (nSPS) is 17.3. The van der Waals surface area contributed by atoms with Crippen LogP contribution in [0.2, 0.25) is 5.02 Å². The summed E-state index contributed by atoms with van der Waals surface area (Å²) in [6.07, 6.45) is 1.96. The molecular formula is C12H12ClNO. The minimum atomic E-state index is 0.423. The molecule has 2 rings (SSSR count). The third-order valence-electron chi connectivity index (χ3n) is 2.80. The van der Waals surface area contributed by atoms with E-state index in [1.54, 1.807) is 12.1 Å². The van der Waals surface area contributed by atoms with Gasteiger partial charge in [0.05, 0.1) is 11.6 Å². The van der Waals surface area contributed by atoms with Crippen molar-refractivity contribution in [2.75, 3.05) is 13.2 Å². The van der Waals surface area contributed by atoms with Gasteiger partial charge in [-0.1, -0.05) is 11.6 Å². The second kappa shape index (κ2) is 4.65. The predicted molar refractivity (Wildman–Crippen MR) is 59.0 cm³/mol. The van der Waals surface area contributed by atoms with Gasteiger partial charge in [-0.2, -0.15) is 5.26 Å². The van der Waals surface area contributed by atoms with Crippen molar-refractivity contribution >= 4 is 11.6 Å². The zero-order chi connectivity index (χ0) is 10.7. The molecule has 15 heavy (non-hydrogen) atoms. The van der Waals surface area contributed by atoms with Crippen molar-refractivity contribution < 1.29 is 4.74 Å². The summed E-state index contributed by atoms with van der Waals surface area (Å²) in [6, 6.07) is 7.70. The Morgan fingerprint density at radius 1 is 1.33 bits per heavy atom. The molecule has 0 aliphatic carbocycles. The third-order valence-corrected chi connectivity index (χ3v) is 3.03. The molecule has 0 bridgehead atoms. The molecule has 1 aliphatic heterocycles. The Bertz CT molecular complexity index is 391. The Morgan fingerprint density at radius 3 is 2.73 bits per heavy atom. The van der Waals surface area contributed by atoms with Crippen molar-refractivity contribution in [3.63, 3.8) is 0 Å². The molecule has 1 aliphatic rings.